The molecule has 0 fully saturated rings. The lowest BCUT2D eigenvalue weighted by Crippen LogP contribution is -2.12. The highest BCUT2D eigenvalue weighted by Crippen LogP contribution is 2.44. The lowest BCUT2D eigenvalue weighted by Gasteiger charge is -2.25. The number of anilines is 6. The van der Waals surface area contributed by atoms with Crippen LogP contribution in [0.25, 0.3) is 108 Å². The largest absolute Gasteiger partial charge is 0.456 e. The van der Waals surface area contributed by atoms with Crippen molar-refractivity contribution in [3.05, 3.63) is 213 Å². The Morgan fingerprint density at radius 2 is 0.783 bits per heavy atom. The number of hydrogen-bond acceptors (Lipinski definition) is 8. The number of benzene rings is 10. The van der Waals surface area contributed by atoms with E-state index in [1.54, 1.807) is 11.3 Å². The topological polar surface area (TPSA) is 71.4 Å². The van der Waals surface area contributed by atoms with Crippen LogP contribution in [0.2, 0.25) is 0 Å². The van der Waals surface area contributed by atoms with Crippen LogP contribution in [-0.2, 0) is 0 Å². The Morgan fingerprint density at radius 1 is 0.333 bits per heavy atom. The Bertz CT molecular complexity index is 4320. The zero-order valence-electron chi connectivity index (χ0n) is 36.7. The van der Waals surface area contributed by atoms with Gasteiger partial charge in [-0.1, -0.05) is 97.1 Å². The lowest BCUT2D eigenvalue weighted by atomic mass is 10.0. The standard InChI is InChI=1S/C61H35N5O2S/c1-3-11-38-27-42-29-44(19-17-40(42)25-36(38)9-1)65(46-21-23-51-49-13-5-7-15-53(49)67-55(51)31-46)48-33-57-59(62-34-48)60-61(69-57)64-58(35-63-60)66(47-22-24-52-50-14-6-8-16-54(50)68-56(52)32-47)45-20-18-41-26-37-10-2-4-12-39(37)28-43(41)30-45/h1-35H. The molecule has 15 aromatic rings. The molecule has 0 aliphatic heterocycles. The van der Waals surface area contributed by atoms with E-state index >= 15 is 0 Å². The SMILES string of the molecule is c1ccc2cc3cc(N(c4ccc5c(c4)oc4ccccc45)c4cnc5c(c4)sc4nc(N(c6ccc7cc8ccccc8cc7c6)c6ccc7c(c6)oc6ccccc67)cnc45)ccc3cc2c1. The van der Waals surface area contributed by atoms with Crippen molar-refractivity contribution in [3.8, 4) is 0 Å². The highest BCUT2D eigenvalue weighted by atomic mass is 32.1. The maximum atomic E-state index is 6.44. The van der Waals surface area contributed by atoms with E-state index in [9.17, 15) is 0 Å². The molecule has 322 valence electrons. The van der Waals surface area contributed by atoms with Crippen molar-refractivity contribution < 1.29 is 8.83 Å². The summed E-state index contributed by atoms with van der Waals surface area (Å²) in [4.78, 5) is 20.9. The summed E-state index contributed by atoms with van der Waals surface area (Å²) in [6.45, 7) is 0. The van der Waals surface area contributed by atoms with Gasteiger partial charge in [0, 0.05) is 50.7 Å². The second-order valence-corrected chi connectivity index (χ2v) is 18.7. The summed E-state index contributed by atoms with van der Waals surface area (Å²) in [6.07, 6.45) is 3.82. The summed E-state index contributed by atoms with van der Waals surface area (Å²) in [5.41, 5.74) is 9.68. The summed E-state index contributed by atoms with van der Waals surface area (Å²) < 4.78 is 13.9. The predicted octanol–water partition coefficient (Wildman–Crippen LogP) is 17.6. The first-order chi connectivity index (χ1) is 34.1. The van der Waals surface area contributed by atoms with Gasteiger partial charge in [0.2, 0.25) is 0 Å². The van der Waals surface area contributed by atoms with Crippen LogP contribution >= 0.6 is 11.3 Å². The number of para-hydroxylation sites is 2. The van der Waals surface area contributed by atoms with E-state index in [-0.39, 0.29) is 0 Å². The molecule has 0 bridgehead atoms. The molecule has 5 heterocycles. The minimum Gasteiger partial charge on any atom is -0.456 e. The molecule has 8 heteroatoms. The highest BCUT2D eigenvalue weighted by Gasteiger charge is 2.22. The van der Waals surface area contributed by atoms with E-state index in [1.807, 2.05) is 42.7 Å². The van der Waals surface area contributed by atoms with Crippen LogP contribution in [0.3, 0.4) is 0 Å². The van der Waals surface area contributed by atoms with Crippen molar-refractivity contribution in [2.24, 2.45) is 0 Å². The molecule has 0 N–H and O–H groups in total. The first kappa shape index (κ1) is 38.0. The Labute approximate surface area is 397 Å². The Balaban J connectivity index is 0.887. The molecule has 0 atom stereocenters. The molecule has 0 aliphatic rings. The van der Waals surface area contributed by atoms with Gasteiger partial charge >= 0.3 is 0 Å². The van der Waals surface area contributed by atoms with E-state index in [1.165, 1.54) is 32.3 Å². The number of nitrogens with zero attached hydrogens (tertiary/aromatic N) is 5. The fourth-order valence-electron chi connectivity index (χ4n) is 10.3. The zero-order valence-corrected chi connectivity index (χ0v) is 37.5. The molecular formula is C61H35N5O2S. The van der Waals surface area contributed by atoms with Crippen LogP contribution in [0.5, 0.6) is 0 Å². The van der Waals surface area contributed by atoms with Crippen molar-refractivity contribution >= 4 is 153 Å². The van der Waals surface area contributed by atoms with E-state index in [2.05, 4.69) is 180 Å². The van der Waals surface area contributed by atoms with E-state index in [4.69, 9.17) is 23.8 Å². The van der Waals surface area contributed by atoms with Gasteiger partial charge in [0.1, 0.15) is 38.2 Å². The number of fused-ring (bicyclic) bond motifs is 13. The first-order valence-electron chi connectivity index (χ1n) is 23.0. The van der Waals surface area contributed by atoms with Crippen molar-refractivity contribution in [2.75, 3.05) is 9.80 Å². The van der Waals surface area contributed by atoms with Gasteiger partial charge in [-0.05, 0) is 134 Å². The van der Waals surface area contributed by atoms with Gasteiger partial charge in [0.25, 0.3) is 0 Å². The predicted molar refractivity (Wildman–Crippen MR) is 287 cm³/mol. The summed E-state index contributed by atoms with van der Waals surface area (Å²) in [5, 5.41) is 13.8. The third kappa shape index (κ3) is 6.09. The average Bonchev–Trinajstić information content (AvgIpc) is 4.08. The Hall–Kier alpha value is -9.11. The molecule has 10 aromatic carbocycles. The molecule has 0 saturated heterocycles. The van der Waals surface area contributed by atoms with Crippen LogP contribution in [0, 0.1) is 0 Å². The van der Waals surface area contributed by atoms with Crippen molar-refractivity contribution in [1.82, 2.24) is 15.0 Å². The zero-order chi connectivity index (χ0) is 45.2. The number of thiophene rings is 1. The van der Waals surface area contributed by atoms with Crippen LogP contribution < -0.4 is 9.80 Å². The van der Waals surface area contributed by atoms with Gasteiger partial charge in [-0.2, -0.15) is 0 Å². The van der Waals surface area contributed by atoms with E-state index in [0.717, 1.165) is 104 Å². The number of hydrogen-bond donors (Lipinski definition) is 0. The van der Waals surface area contributed by atoms with Gasteiger partial charge in [0.15, 0.2) is 5.82 Å². The average molecular weight is 902 g/mol. The van der Waals surface area contributed by atoms with Crippen LogP contribution in [-0.4, -0.2) is 15.0 Å². The molecule has 0 amide bonds. The summed E-state index contributed by atoms with van der Waals surface area (Å²) in [5.74, 6) is 0.689. The van der Waals surface area contributed by atoms with Crippen LogP contribution in [0.15, 0.2) is 221 Å². The number of rotatable bonds is 6. The fourth-order valence-corrected chi connectivity index (χ4v) is 11.3. The second-order valence-electron chi connectivity index (χ2n) is 17.7. The first-order valence-corrected chi connectivity index (χ1v) is 23.8. The molecule has 0 unspecified atom stereocenters. The highest BCUT2D eigenvalue weighted by molar-refractivity contribution is 7.25. The molecule has 0 spiro atoms. The monoisotopic (exact) mass is 901 g/mol. The lowest BCUT2D eigenvalue weighted by molar-refractivity contribution is 0.668. The van der Waals surface area contributed by atoms with E-state index < -0.39 is 0 Å². The molecule has 0 radical (unpaired) electrons. The fraction of sp³-hybridized carbons (Fsp3) is 0. The normalized spacial score (nSPS) is 12.1. The van der Waals surface area contributed by atoms with Crippen molar-refractivity contribution in [3.63, 3.8) is 0 Å². The quantitative estimate of drug-likeness (QED) is 0.154. The number of pyridine rings is 1. The third-order valence-electron chi connectivity index (χ3n) is 13.6. The van der Waals surface area contributed by atoms with Crippen LogP contribution in [0.4, 0.5) is 34.3 Å². The van der Waals surface area contributed by atoms with Crippen molar-refractivity contribution in [2.45, 2.75) is 0 Å². The van der Waals surface area contributed by atoms with Crippen molar-refractivity contribution in [1.29, 1.82) is 0 Å². The number of aromatic nitrogens is 3. The van der Waals surface area contributed by atoms with Gasteiger partial charge in [0.05, 0.1) is 28.5 Å². The maximum absolute atomic E-state index is 6.44. The molecule has 7 nitrogen and oxygen atoms in total. The molecule has 69 heavy (non-hydrogen) atoms. The minimum atomic E-state index is 0.689. The molecule has 15 rings (SSSR count). The van der Waals surface area contributed by atoms with E-state index in [0.29, 0.717) is 5.82 Å². The Kier molecular flexibility index (Phi) is 8.10. The Morgan fingerprint density at radius 3 is 1.38 bits per heavy atom. The second kappa shape index (κ2) is 14.7. The summed E-state index contributed by atoms with van der Waals surface area (Å²) >= 11 is 1.60. The number of furan rings is 2. The smallest absolute Gasteiger partial charge is 0.157 e. The minimum absolute atomic E-state index is 0.689. The van der Waals surface area contributed by atoms with Crippen LogP contribution in [0.1, 0.15) is 0 Å². The molecular weight excluding hydrogens is 867 g/mol. The summed E-state index contributed by atoms with van der Waals surface area (Å²) in [6, 6.07) is 70.8. The molecule has 0 aliphatic carbocycles. The molecule has 5 aromatic heterocycles. The maximum Gasteiger partial charge on any atom is 0.157 e. The van der Waals surface area contributed by atoms with Gasteiger partial charge < -0.3 is 13.7 Å². The summed E-state index contributed by atoms with van der Waals surface area (Å²) in [7, 11) is 0. The molecule has 0 saturated carbocycles. The third-order valence-corrected chi connectivity index (χ3v) is 14.6. The van der Waals surface area contributed by atoms with Gasteiger partial charge in [-0.3, -0.25) is 9.88 Å². The van der Waals surface area contributed by atoms with Gasteiger partial charge in [-0.25, -0.2) is 9.97 Å². The van der Waals surface area contributed by atoms with Gasteiger partial charge in [-0.15, -0.1) is 11.3 Å².